The number of carbonyl (C=O) groups is 2. The fourth-order valence-corrected chi connectivity index (χ4v) is 2.65. The van der Waals surface area contributed by atoms with Gasteiger partial charge in [-0.2, -0.15) is 5.10 Å². The van der Waals surface area contributed by atoms with Gasteiger partial charge in [-0.25, -0.2) is 9.82 Å². The number of hydrogen-bond acceptors (Lipinski definition) is 5. The van der Waals surface area contributed by atoms with Gasteiger partial charge in [0.05, 0.1) is 12.8 Å². The van der Waals surface area contributed by atoms with Crippen molar-refractivity contribution in [1.29, 1.82) is 0 Å². The van der Waals surface area contributed by atoms with E-state index in [-0.39, 0.29) is 5.82 Å². The molecular weight excluding hydrogens is 413 g/mol. The third kappa shape index (κ3) is 6.40. The number of methoxy groups -OCH3 is 1. The smallest absolute Gasteiger partial charge is 0.329 e. The fourth-order valence-electron chi connectivity index (χ4n) is 2.65. The van der Waals surface area contributed by atoms with E-state index in [0.29, 0.717) is 29.5 Å². The van der Waals surface area contributed by atoms with E-state index in [2.05, 4.69) is 15.8 Å². The highest BCUT2D eigenvalue weighted by molar-refractivity contribution is 6.39. The van der Waals surface area contributed by atoms with Crippen LogP contribution in [-0.2, 0) is 16.2 Å². The van der Waals surface area contributed by atoms with Crippen molar-refractivity contribution < 1.29 is 23.5 Å². The maximum absolute atomic E-state index is 12.9. The zero-order chi connectivity index (χ0) is 22.9. The summed E-state index contributed by atoms with van der Waals surface area (Å²) in [4.78, 5) is 24.0. The van der Waals surface area contributed by atoms with E-state index in [0.717, 1.165) is 11.1 Å². The van der Waals surface area contributed by atoms with Gasteiger partial charge < -0.3 is 14.8 Å². The van der Waals surface area contributed by atoms with E-state index < -0.39 is 11.8 Å². The lowest BCUT2D eigenvalue weighted by atomic mass is 10.1. The molecule has 2 amide bonds. The molecule has 0 fully saturated rings. The van der Waals surface area contributed by atoms with Crippen LogP contribution < -0.4 is 20.2 Å². The van der Waals surface area contributed by atoms with Crippen molar-refractivity contribution in [3.8, 4) is 11.5 Å². The van der Waals surface area contributed by atoms with Gasteiger partial charge in [0.15, 0.2) is 0 Å². The van der Waals surface area contributed by atoms with Gasteiger partial charge >= 0.3 is 11.8 Å². The second kappa shape index (κ2) is 10.7. The van der Waals surface area contributed by atoms with Gasteiger partial charge in [-0.3, -0.25) is 9.59 Å². The van der Waals surface area contributed by atoms with E-state index in [1.54, 1.807) is 67.6 Å². The third-order valence-corrected chi connectivity index (χ3v) is 4.47. The Morgan fingerprint density at radius 2 is 1.50 bits per heavy atom. The first kappa shape index (κ1) is 22.5. The highest BCUT2D eigenvalue weighted by Gasteiger charge is 2.13. The van der Waals surface area contributed by atoms with Crippen LogP contribution in [0.4, 0.5) is 10.1 Å². The predicted octanol–water partition coefficient (Wildman–Crippen LogP) is 3.89. The standard InChI is InChI=1S/C24H22FN3O4/c1-16(27-28-24(30)23(29)26-20-9-13-21(31-2)14-10-20)18-5-11-22(12-6-18)32-15-17-3-7-19(25)8-4-17/h3-14H,15H2,1-2H3,(H,26,29)(H,28,30). The maximum Gasteiger partial charge on any atom is 0.329 e. The number of ether oxygens (including phenoxy) is 2. The normalized spacial score (nSPS) is 10.9. The Morgan fingerprint density at radius 3 is 2.12 bits per heavy atom. The van der Waals surface area contributed by atoms with Crippen LogP contribution in [0.15, 0.2) is 77.9 Å². The van der Waals surface area contributed by atoms with Gasteiger partial charge in [0, 0.05) is 5.69 Å². The molecule has 0 atom stereocenters. The highest BCUT2D eigenvalue weighted by Crippen LogP contribution is 2.16. The minimum atomic E-state index is -0.889. The van der Waals surface area contributed by atoms with Crippen molar-refractivity contribution in [3.05, 3.63) is 89.7 Å². The lowest BCUT2D eigenvalue weighted by Gasteiger charge is -2.08. The van der Waals surface area contributed by atoms with Crippen LogP contribution in [0, 0.1) is 5.82 Å². The molecule has 0 saturated heterocycles. The zero-order valence-corrected chi connectivity index (χ0v) is 17.6. The summed E-state index contributed by atoms with van der Waals surface area (Å²) >= 11 is 0. The van der Waals surface area contributed by atoms with Gasteiger partial charge in [-0.15, -0.1) is 0 Å². The average molecular weight is 435 g/mol. The summed E-state index contributed by atoms with van der Waals surface area (Å²) in [6.45, 7) is 2.02. The summed E-state index contributed by atoms with van der Waals surface area (Å²) < 4.78 is 23.7. The molecule has 0 heterocycles. The molecule has 0 saturated carbocycles. The Bertz CT molecular complexity index is 1100. The largest absolute Gasteiger partial charge is 0.497 e. The van der Waals surface area contributed by atoms with Crippen molar-refractivity contribution in [2.45, 2.75) is 13.5 Å². The van der Waals surface area contributed by atoms with Crippen molar-refractivity contribution in [2.75, 3.05) is 12.4 Å². The Balaban J connectivity index is 1.51. The Kier molecular flexibility index (Phi) is 7.53. The van der Waals surface area contributed by atoms with Crippen molar-refractivity contribution in [2.24, 2.45) is 5.10 Å². The molecule has 3 aromatic carbocycles. The number of amides is 2. The molecule has 0 aliphatic carbocycles. The van der Waals surface area contributed by atoms with Gasteiger partial charge in [0.1, 0.15) is 23.9 Å². The average Bonchev–Trinajstić information content (AvgIpc) is 2.82. The number of anilines is 1. The Morgan fingerprint density at radius 1 is 0.875 bits per heavy atom. The van der Waals surface area contributed by atoms with Crippen LogP contribution in [0.25, 0.3) is 0 Å². The molecular formula is C24H22FN3O4. The molecule has 0 unspecified atom stereocenters. The zero-order valence-electron chi connectivity index (χ0n) is 17.6. The van der Waals surface area contributed by atoms with Crippen molar-refractivity contribution >= 4 is 23.2 Å². The van der Waals surface area contributed by atoms with Crippen LogP contribution in [0.3, 0.4) is 0 Å². The lowest BCUT2D eigenvalue weighted by Crippen LogP contribution is -2.32. The van der Waals surface area contributed by atoms with Crippen LogP contribution in [0.1, 0.15) is 18.1 Å². The first-order valence-corrected chi connectivity index (χ1v) is 9.72. The quantitative estimate of drug-likeness (QED) is 0.335. The number of benzene rings is 3. The van der Waals surface area contributed by atoms with Gasteiger partial charge in [0.25, 0.3) is 0 Å². The minimum absolute atomic E-state index is 0.293. The van der Waals surface area contributed by atoms with E-state index in [4.69, 9.17) is 9.47 Å². The second-order valence-corrected chi connectivity index (χ2v) is 6.76. The molecule has 3 aromatic rings. The van der Waals surface area contributed by atoms with Crippen LogP contribution in [-0.4, -0.2) is 24.6 Å². The molecule has 0 aliphatic heterocycles. The molecule has 32 heavy (non-hydrogen) atoms. The monoisotopic (exact) mass is 435 g/mol. The molecule has 0 bridgehead atoms. The first-order valence-electron chi connectivity index (χ1n) is 9.72. The number of carbonyl (C=O) groups excluding carboxylic acids is 2. The molecule has 8 heteroatoms. The van der Waals surface area contributed by atoms with E-state index in [9.17, 15) is 14.0 Å². The summed E-state index contributed by atoms with van der Waals surface area (Å²) in [5, 5.41) is 6.46. The first-order chi connectivity index (χ1) is 15.4. The number of hydrazone groups is 1. The number of hydrogen-bond donors (Lipinski definition) is 2. The van der Waals surface area contributed by atoms with E-state index in [1.165, 1.54) is 19.2 Å². The maximum atomic E-state index is 12.9. The van der Waals surface area contributed by atoms with Crippen LogP contribution in [0.2, 0.25) is 0 Å². The lowest BCUT2D eigenvalue weighted by molar-refractivity contribution is -0.136. The molecule has 2 N–H and O–H groups in total. The Hall–Kier alpha value is -4.20. The molecule has 3 rings (SSSR count). The summed E-state index contributed by atoms with van der Waals surface area (Å²) in [5.41, 5.74) is 4.81. The second-order valence-electron chi connectivity index (χ2n) is 6.76. The summed E-state index contributed by atoms with van der Waals surface area (Å²) in [6, 6.07) is 19.8. The van der Waals surface area contributed by atoms with Crippen LogP contribution in [0.5, 0.6) is 11.5 Å². The van der Waals surface area contributed by atoms with Gasteiger partial charge in [-0.05, 0) is 78.7 Å². The van der Waals surface area contributed by atoms with E-state index in [1.807, 2.05) is 0 Å². The summed E-state index contributed by atoms with van der Waals surface area (Å²) in [7, 11) is 1.54. The van der Waals surface area contributed by atoms with Crippen molar-refractivity contribution in [3.63, 3.8) is 0 Å². The minimum Gasteiger partial charge on any atom is -0.497 e. The molecule has 0 aliphatic rings. The molecule has 0 aromatic heterocycles. The number of halogens is 1. The predicted molar refractivity (Wildman–Crippen MR) is 119 cm³/mol. The Labute approximate surface area is 184 Å². The number of nitrogens with one attached hydrogen (secondary N) is 2. The number of nitrogens with zero attached hydrogens (tertiary/aromatic N) is 1. The summed E-state index contributed by atoms with van der Waals surface area (Å²) in [6.07, 6.45) is 0. The van der Waals surface area contributed by atoms with Crippen molar-refractivity contribution in [1.82, 2.24) is 5.43 Å². The van der Waals surface area contributed by atoms with Gasteiger partial charge in [0.2, 0.25) is 0 Å². The highest BCUT2D eigenvalue weighted by atomic mass is 19.1. The SMILES string of the molecule is COc1ccc(NC(=O)C(=O)NN=C(C)c2ccc(OCc3ccc(F)cc3)cc2)cc1. The molecule has 0 radical (unpaired) electrons. The van der Waals surface area contributed by atoms with Crippen LogP contribution >= 0.6 is 0 Å². The summed E-state index contributed by atoms with van der Waals surface area (Å²) in [5.74, 6) is -0.748. The molecule has 7 nitrogen and oxygen atoms in total. The number of rotatable bonds is 7. The topological polar surface area (TPSA) is 89.0 Å². The molecule has 0 spiro atoms. The third-order valence-electron chi connectivity index (χ3n) is 4.47. The van der Waals surface area contributed by atoms with Gasteiger partial charge in [-0.1, -0.05) is 12.1 Å². The molecule has 164 valence electrons. The van der Waals surface area contributed by atoms with E-state index >= 15 is 0 Å². The fraction of sp³-hybridized carbons (Fsp3) is 0.125.